The largest absolute Gasteiger partial charge is 0.477 e. The molecule has 0 aliphatic carbocycles. The number of aromatic nitrogens is 1. The fraction of sp³-hybridized carbons (Fsp3) is 0.154. The number of nitrogens with two attached hydrogens (primary N) is 1. The Labute approximate surface area is 117 Å². The summed E-state index contributed by atoms with van der Waals surface area (Å²) in [4.78, 5) is 36.4. The molecule has 1 amide bonds. The second-order valence-electron chi connectivity index (χ2n) is 4.43. The molecule has 2 rings (SSSR count). The molecule has 2 unspecified atom stereocenters. The number of amides is 1. The predicted octanol–water partition coefficient (Wildman–Crippen LogP) is -0.894. The lowest BCUT2D eigenvalue weighted by molar-refractivity contribution is -0.131. The Morgan fingerprint density at radius 2 is 1.90 bits per heavy atom. The second-order valence-corrected chi connectivity index (χ2v) is 4.43. The highest BCUT2D eigenvalue weighted by Gasteiger charge is 2.24. The number of aliphatic hydroxyl groups excluding tert-OH is 2. The summed E-state index contributed by atoms with van der Waals surface area (Å²) in [5, 5.41) is 28.1. The normalized spacial score (nSPS) is 13.8. The van der Waals surface area contributed by atoms with Crippen molar-refractivity contribution in [1.29, 1.82) is 0 Å². The number of primary amides is 1. The third-order valence-corrected chi connectivity index (χ3v) is 3.07. The number of nitrogens with one attached hydrogen (secondary N) is 1. The molecule has 0 saturated heterocycles. The minimum absolute atomic E-state index is 0.0168. The smallest absolute Gasteiger partial charge is 0.341 e. The number of benzene rings is 1. The third kappa shape index (κ3) is 2.62. The SMILES string of the molecule is NC(=O)C(O)C(O)c1ccc2[nH]cc(C(=O)O)c(=O)c2c1. The molecule has 8 nitrogen and oxygen atoms in total. The van der Waals surface area contributed by atoms with Crippen LogP contribution in [0.15, 0.2) is 29.2 Å². The average Bonchev–Trinajstić information content (AvgIpc) is 2.45. The van der Waals surface area contributed by atoms with Gasteiger partial charge >= 0.3 is 5.97 Å². The van der Waals surface area contributed by atoms with Gasteiger partial charge in [0.2, 0.25) is 11.3 Å². The second kappa shape index (κ2) is 5.35. The lowest BCUT2D eigenvalue weighted by atomic mass is 10.0. The van der Waals surface area contributed by atoms with Gasteiger partial charge in [0.25, 0.3) is 0 Å². The van der Waals surface area contributed by atoms with Gasteiger partial charge in [-0.3, -0.25) is 9.59 Å². The maximum absolute atomic E-state index is 12.0. The van der Waals surface area contributed by atoms with Gasteiger partial charge < -0.3 is 26.0 Å². The van der Waals surface area contributed by atoms with Crippen LogP contribution >= 0.6 is 0 Å². The number of carboxylic acid groups (broad SMARTS) is 1. The zero-order chi connectivity index (χ0) is 15.7. The quantitative estimate of drug-likeness (QED) is 0.492. The Morgan fingerprint density at radius 1 is 1.24 bits per heavy atom. The van der Waals surface area contributed by atoms with Crippen LogP contribution in [0.3, 0.4) is 0 Å². The van der Waals surface area contributed by atoms with Crippen molar-refractivity contribution in [3.05, 3.63) is 45.7 Å². The van der Waals surface area contributed by atoms with Gasteiger partial charge in [0.15, 0.2) is 6.10 Å². The number of hydrogen-bond donors (Lipinski definition) is 5. The Morgan fingerprint density at radius 3 is 2.48 bits per heavy atom. The first kappa shape index (κ1) is 14.7. The van der Waals surface area contributed by atoms with Crippen LogP contribution < -0.4 is 11.2 Å². The Bertz CT molecular complexity index is 782. The van der Waals surface area contributed by atoms with Crippen molar-refractivity contribution >= 4 is 22.8 Å². The van der Waals surface area contributed by atoms with E-state index in [0.29, 0.717) is 5.52 Å². The zero-order valence-electron chi connectivity index (χ0n) is 10.6. The summed E-state index contributed by atoms with van der Waals surface area (Å²) in [5.74, 6) is -2.50. The Hall–Kier alpha value is -2.71. The molecular formula is C13H12N2O6. The number of carbonyl (C=O) groups is 2. The minimum atomic E-state index is -1.83. The number of aliphatic hydroxyl groups is 2. The summed E-state index contributed by atoms with van der Waals surface area (Å²) < 4.78 is 0. The van der Waals surface area contributed by atoms with Crippen LogP contribution in [0, 0.1) is 0 Å². The van der Waals surface area contributed by atoms with Crippen molar-refractivity contribution in [3.63, 3.8) is 0 Å². The molecule has 2 aromatic rings. The van der Waals surface area contributed by atoms with E-state index in [2.05, 4.69) is 4.98 Å². The van der Waals surface area contributed by atoms with E-state index < -0.39 is 35.1 Å². The lowest BCUT2D eigenvalue weighted by Gasteiger charge is -2.15. The van der Waals surface area contributed by atoms with Crippen LogP contribution in [0.25, 0.3) is 10.9 Å². The van der Waals surface area contributed by atoms with Gasteiger partial charge in [0.1, 0.15) is 11.7 Å². The van der Waals surface area contributed by atoms with Crippen LogP contribution in [0.1, 0.15) is 22.0 Å². The van der Waals surface area contributed by atoms with Crippen molar-refractivity contribution < 1.29 is 24.9 Å². The van der Waals surface area contributed by atoms with E-state index in [1.54, 1.807) is 0 Å². The summed E-state index contributed by atoms with van der Waals surface area (Å²) in [7, 11) is 0. The highest BCUT2D eigenvalue weighted by molar-refractivity contribution is 5.92. The first-order valence-corrected chi connectivity index (χ1v) is 5.87. The zero-order valence-corrected chi connectivity index (χ0v) is 10.6. The number of rotatable bonds is 4. The molecule has 8 heteroatoms. The van der Waals surface area contributed by atoms with E-state index >= 15 is 0 Å². The molecule has 0 saturated carbocycles. The number of aromatic amines is 1. The highest BCUT2D eigenvalue weighted by Crippen LogP contribution is 2.20. The van der Waals surface area contributed by atoms with E-state index in [4.69, 9.17) is 10.8 Å². The fourth-order valence-electron chi connectivity index (χ4n) is 1.92. The monoisotopic (exact) mass is 292 g/mol. The van der Waals surface area contributed by atoms with Gasteiger partial charge in [-0.25, -0.2) is 4.79 Å². The number of hydrogen-bond acceptors (Lipinski definition) is 5. The van der Waals surface area contributed by atoms with Crippen LogP contribution in [0.2, 0.25) is 0 Å². The van der Waals surface area contributed by atoms with E-state index in [1.165, 1.54) is 18.2 Å². The predicted molar refractivity (Wildman–Crippen MR) is 71.7 cm³/mol. The molecule has 6 N–H and O–H groups in total. The number of pyridine rings is 1. The fourth-order valence-corrected chi connectivity index (χ4v) is 1.92. The molecule has 1 aromatic carbocycles. The summed E-state index contributed by atoms with van der Waals surface area (Å²) in [5.41, 5.74) is 4.12. The number of H-pyrrole nitrogens is 1. The standard InChI is InChI=1S/C13H12N2O6/c14-12(19)11(18)9(16)5-1-2-8-6(3-5)10(17)7(4-15-8)13(20)21/h1-4,9,11,16,18H,(H2,14,19)(H,15,17)(H,20,21). The molecule has 0 aliphatic heterocycles. The van der Waals surface area contributed by atoms with Crippen LogP contribution in [-0.4, -0.2) is 38.3 Å². The molecule has 2 atom stereocenters. The molecule has 0 fully saturated rings. The van der Waals surface area contributed by atoms with Gasteiger partial charge in [-0.05, 0) is 17.7 Å². The van der Waals surface area contributed by atoms with Crippen molar-refractivity contribution in [2.45, 2.75) is 12.2 Å². The van der Waals surface area contributed by atoms with E-state index in [0.717, 1.165) is 6.20 Å². The van der Waals surface area contributed by atoms with Gasteiger partial charge in [0, 0.05) is 17.1 Å². The Balaban J connectivity index is 2.60. The lowest BCUT2D eigenvalue weighted by Crippen LogP contribution is -2.33. The number of aromatic carboxylic acids is 1. The Kier molecular flexibility index (Phi) is 3.74. The van der Waals surface area contributed by atoms with Crippen molar-refractivity contribution in [2.75, 3.05) is 0 Å². The average molecular weight is 292 g/mol. The van der Waals surface area contributed by atoms with Gasteiger partial charge in [-0.1, -0.05) is 6.07 Å². The van der Waals surface area contributed by atoms with E-state index in [9.17, 15) is 24.6 Å². The molecule has 21 heavy (non-hydrogen) atoms. The van der Waals surface area contributed by atoms with Crippen LogP contribution in [0.5, 0.6) is 0 Å². The molecule has 1 heterocycles. The van der Waals surface area contributed by atoms with E-state index in [-0.39, 0.29) is 10.9 Å². The van der Waals surface area contributed by atoms with Crippen molar-refractivity contribution in [2.24, 2.45) is 5.73 Å². The number of carbonyl (C=O) groups excluding carboxylic acids is 1. The molecule has 110 valence electrons. The summed E-state index contributed by atoms with van der Waals surface area (Å²) in [6.07, 6.45) is -2.37. The van der Waals surface area contributed by atoms with Gasteiger partial charge in [-0.2, -0.15) is 0 Å². The van der Waals surface area contributed by atoms with Crippen molar-refractivity contribution in [3.8, 4) is 0 Å². The molecule has 0 radical (unpaired) electrons. The topological polar surface area (TPSA) is 154 Å². The van der Waals surface area contributed by atoms with Gasteiger partial charge in [0.05, 0.1) is 0 Å². The number of fused-ring (bicyclic) bond motifs is 1. The van der Waals surface area contributed by atoms with Gasteiger partial charge in [-0.15, -0.1) is 0 Å². The molecular weight excluding hydrogens is 280 g/mol. The van der Waals surface area contributed by atoms with Crippen LogP contribution in [0.4, 0.5) is 0 Å². The summed E-state index contributed by atoms with van der Waals surface area (Å²) >= 11 is 0. The molecule has 0 bridgehead atoms. The van der Waals surface area contributed by atoms with E-state index in [1.807, 2.05) is 0 Å². The summed E-state index contributed by atoms with van der Waals surface area (Å²) in [6, 6.07) is 4.02. The molecule has 0 spiro atoms. The maximum Gasteiger partial charge on any atom is 0.341 e. The van der Waals surface area contributed by atoms with Crippen molar-refractivity contribution in [1.82, 2.24) is 4.98 Å². The first-order chi connectivity index (χ1) is 9.82. The highest BCUT2D eigenvalue weighted by atomic mass is 16.4. The minimum Gasteiger partial charge on any atom is -0.477 e. The molecule has 1 aromatic heterocycles. The maximum atomic E-state index is 12.0. The number of carboxylic acids is 1. The third-order valence-electron chi connectivity index (χ3n) is 3.07. The first-order valence-electron chi connectivity index (χ1n) is 5.87. The summed E-state index contributed by atoms with van der Waals surface area (Å²) in [6.45, 7) is 0. The van der Waals surface area contributed by atoms with Crippen LogP contribution in [-0.2, 0) is 4.79 Å². The molecule has 0 aliphatic rings.